The Hall–Kier alpha value is -1.07. The summed E-state index contributed by atoms with van der Waals surface area (Å²) in [7, 11) is 0. The van der Waals surface area contributed by atoms with Gasteiger partial charge in [0.05, 0.1) is 5.69 Å². The lowest BCUT2D eigenvalue weighted by Gasteiger charge is -2.32. The van der Waals surface area contributed by atoms with Crippen LogP contribution in [-0.2, 0) is 6.42 Å². The van der Waals surface area contributed by atoms with Gasteiger partial charge in [-0.25, -0.2) is 4.98 Å². The van der Waals surface area contributed by atoms with Crippen LogP contribution in [0, 0.1) is 0 Å². The smallest absolute Gasteiger partial charge is 0.195 e. The van der Waals surface area contributed by atoms with Crippen LogP contribution in [0.4, 0.5) is 5.82 Å². The zero-order valence-corrected chi connectivity index (χ0v) is 12.7. The van der Waals surface area contributed by atoms with Gasteiger partial charge in [-0.1, -0.05) is 0 Å². The summed E-state index contributed by atoms with van der Waals surface area (Å²) in [6, 6.07) is 0.157. The third-order valence-corrected chi connectivity index (χ3v) is 4.77. The normalized spacial score (nSPS) is 20.3. The van der Waals surface area contributed by atoms with Crippen LogP contribution in [0.3, 0.4) is 0 Å². The average Bonchev–Trinajstić information content (AvgIpc) is 2.94. The van der Waals surface area contributed by atoms with Gasteiger partial charge in [0, 0.05) is 36.1 Å². The Bertz CT molecular complexity index is 581. The third-order valence-electron chi connectivity index (χ3n) is 4.01. The maximum atomic E-state index is 6.02. The zero-order chi connectivity index (χ0) is 13.6. The SMILES string of the molecule is CC(N)Cc1c(N2CCCC2(C)C)nc2sccn12. The van der Waals surface area contributed by atoms with E-state index in [9.17, 15) is 0 Å². The molecule has 1 saturated heterocycles. The molecule has 0 saturated carbocycles. The van der Waals surface area contributed by atoms with Gasteiger partial charge < -0.3 is 10.6 Å². The van der Waals surface area contributed by atoms with E-state index in [0.29, 0.717) is 0 Å². The van der Waals surface area contributed by atoms with E-state index in [1.165, 1.54) is 18.5 Å². The van der Waals surface area contributed by atoms with Crippen LogP contribution in [-0.4, -0.2) is 27.5 Å². The summed E-state index contributed by atoms with van der Waals surface area (Å²) in [6.45, 7) is 7.78. The van der Waals surface area contributed by atoms with E-state index < -0.39 is 0 Å². The molecular formula is C14H22N4S. The van der Waals surface area contributed by atoms with Crippen LogP contribution in [0.1, 0.15) is 39.3 Å². The molecule has 2 aromatic rings. The fourth-order valence-electron chi connectivity index (χ4n) is 3.03. The second kappa shape index (κ2) is 4.49. The summed E-state index contributed by atoms with van der Waals surface area (Å²) in [4.78, 5) is 8.40. The molecule has 0 aliphatic carbocycles. The quantitative estimate of drug-likeness (QED) is 0.939. The van der Waals surface area contributed by atoms with Crippen LogP contribution < -0.4 is 10.6 Å². The van der Waals surface area contributed by atoms with Crippen molar-refractivity contribution in [1.29, 1.82) is 0 Å². The summed E-state index contributed by atoms with van der Waals surface area (Å²) in [5.74, 6) is 1.15. The van der Waals surface area contributed by atoms with E-state index in [1.807, 2.05) is 0 Å². The molecule has 2 N–H and O–H groups in total. The highest BCUT2D eigenvalue weighted by Crippen LogP contribution is 2.36. The number of rotatable bonds is 3. The molecule has 4 nitrogen and oxygen atoms in total. The maximum absolute atomic E-state index is 6.02. The van der Waals surface area contributed by atoms with E-state index >= 15 is 0 Å². The molecule has 1 aliphatic heterocycles. The number of imidazole rings is 1. The molecule has 0 spiro atoms. The number of hydrogen-bond donors (Lipinski definition) is 1. The van der Waals surface area contributed by atoms with Gasteiger partial charge in [-0.05, 0) is 33.6 Å². The number of thiazole rings is 1. The number of anilines is 1. The van der Waals surface area contributed by atoms with Gasteiger partial charge in [-0.3, -0.25) is 4.40 Å². The first-order valence-corrected chi connectivity index (χ1v) is 7.84. The molecule has 104 valence electrons. The van der Waals surface area contributed by atoms with Gasteiger partial charge >= 0.3 is 0 Å². The first-order valence-electron chi connectivity index (χ1n) is 6.97. The first-order chi connectivity index (χ1) is 8.99. The first kappa shape index (κ1) is 12.9. The van der Waals surface area contributed by atoms with Gasteiger partial charge in [-0.15, -0.1) is 11.3 Å². The lowest BCUT2D eigenvalue weighted by Crippen LogP contribution is -2.39. The van der Waals surface area contributed by atoms with Gasteiger partial charge in [0.2, 0.25) is 0 Å². The average molecular weight is 278 g/mol. The molecule has 0 aromatic carbocycles. The molecule has 1 unspecified atom stereocenters. The molecule has 3 rings (SSSR count). The van der Waals surface area contributed by atoms with Crippen molar-refractivity contribution in [3.63, 3.8) is 0 Å². The van der Waals surface area contributed by atoms with E-state index in [0.717, 1.165) is 23.7 Å². The molecule has 1 aliphatic rings. The monoisotopic (exact) mass is 278 g/mol. The van der Waals surface area contributed by atoms with Crippen LogP contribution in [0.2, 0.25) is 0 Å². The van der Waals surface area contributed by atoms with Crippen molar-refractivity contribution >= 4 is 22.1 Å². The predicted molar refractivity (Wildman–Crippen MR) is 81.1 cm³/mol. The number of fused-ring (bicyclic) bond motifs is 1. The van der Waals surface area contributed by atoms with Crippen LogP contribution in [0.5, 0.6) is 0 Å². The van der Waals surface area contributed by atoms with Crippen LogP contribution in [0.15, 0.2) is 11.6 Å². The molecular weight excluding hydrogens is 256 g/mol. The Labute approximate surface area is 118 Å². The van der Waals surface area contributed by atoms with Crippen molar-refractivity contribution in [3.05, 3.63) is 17.3 Å². The minimum Gasteiger partial charge on any atom is -0.350 e. The van der Waals surface area contributed by atoms with Gasteiger partial charge in [0.15, 0.2) is 10.8 Å². The molecule has 5 heteroatoms. The summed E-state index contributed by atoms with van der Waals surface area (Å²) in [6.07, 6.45) is 5.46. The highest BCUT2D eigenvalue weighted by molar-refractivity contribution is 7.15. The molecule has 0 bridgehead atoms. The molecule has 3 heterocycles. The van der Waals surface area contributed by atoms with E-state index in [1.54, 1.807) is 11.3 Å². The molecule has 2 aromatic heterocycles. The summed E-state index contributed by atoms with van der Waals surface area (Å²) in [5, 5.41) is 2.09. The Morgan fingerprint density at radius 1 is 1.53 bits per heavy atom. The standard InChI is InChI=1S/C14H22N4S/c1-10(15)9-11-12(16-13-17(11)7-8-19-13)18-6-4-5-14(18,2)3/h7-8,10H,4-6,9,15H2,1-3H3. The number of nitrogens with zero attached hydrogens (tertiary/aromatic N) is 3. The minimum atomic E-state index is 0.157. The zero-order valence-electron chi connectivity index (χ0n) is 11.9. The van der Waals surface area contributed by atoms with Gasteiger partial charge in [0.25, 0.3) is 0 Å². The summed E-state index contributed by atoms with van der Waals surface area (Å²) in [5.41, 5.74) is 7.49. The molecule has 0 radical (unpaired) electrons. The fraction of sp³-hybridized carbons (Fsp3) is 0.643. The molecule has 0 amide bonds. The highest BCUT2D eigenvalue weighted by Gasteiger charge is 2.35. The predicted octanol–water partition coefficient (Wildman–Crippen LogP) is 2.66. The minimum absolute atomic E-state index is 0.157. The van der Waals surface area contributed by atoms with E-state index in [-0.39, 0.29) is 11.6 Å². The summed E-state index contributed by atoms with van der Waals surface area (Å²) < 4.78 is 2.21. The Kier molecular flexibility index (Phi) is 3.06. The topological polar surface area (TPSA) is 46.6 Å². The van der Waals surface area contributed by atoms with E-state index in [2.05, 4.69) is 41.6 Å². The highest BCUT2D eigenvalue weighted by atomic mass is 32.1. The van der Waals surface area contributed by atoms with Crippen molar-refractivity contribution in [2.45, 2.75) is 51.6 Å². The van der Waals surface area contributed by atoms with Crippen molar-refractivity contribution < 1.29 is 0 Å². The second-order valence-electron chi connectivity index (χ2n) is 6.19. The molecule has 19 heavy (non-hydrogen) atoms. The van der Waals surface area contributed by atoms with Crippen LogP contribution >= 0.6 is 11.3 Å². The largest absolute Gasteiger partial charge is 0.350 e. The molecule has 1 atom stereocenters. The lowest BCUT2D eigenvalue weighted by atomic mass is 10.0. The van der Waals surface area contributed by atoms with Crippen molar-refractivity contribution in [2.75, 3.05) is 11.4 Å². The molecule has 1 fully saturated rings. The lowest BCUT2D eigenvalue weighted by molar-refractivity contribution is 0.513. The second-order valence-corrected chi connectivity index (χ2v) is 7.06. The van der Waals surface area contributed by atoms with Crippen molar-refractivity contribution in [3.8, 4) is 0 Å². The van der Waals surface area contributed by atoms with Gasteiger partial charge in [0.1, 0.15) is 0 Å². The van der Waals surface area contributed by atoms with Crippen molar-refractivity contribution in [1.82, 2.24) is 9.38 Å². The van der Waals surface area contributed by atoms with Crippen LogP contribution in [0.25, 0.3) is 4.96 Å². The van der Waals surface area contributed by atoms with Gasteiger partial charge in [-0.2, -0.15) is 0 Å². The maximum Gasteiger partial charge on any atom is 0.195 e. The number of aromatic nitrogens is 2. The fourth-order valence-corrected chi connectivity index (χ4v) is 3.76. The summed E-state index contributed by atoms with van der Waals surface area (Å²) >= 11 is 1.69. The Balaban J connectivity index is 2.09. The Morgan fingerprint density at radius 3 is 2.95 bits per heavy atom. The number of hydrogen-bond acceptors (Lipinski definition) is 4. The number of nitrogens with two attached hydrogens (primary N) is 1. The third kappa shape index (κ3) is 2.15. The van der Waals surface area contributed by atoms with Crippen molar-refractivity contribution in [2.24, 2.45) is 5.73 Å². The van der Waals surface area contributed by atoms with E-state index in [4.69, 9.17) is 10.7 Å². The Morgan fingerprint density at radius 2 is 2.32 bits per heavy atom.